The molecule has 158 valence electrons. The van der Waals surface area contributed by atoms with Gasteiger partial charge < -0.3 is 19.3 Å². The molecule has 0 aliphatic carbocycles. The lowest BCUT2D eigenvalue weighted by molar-refractivity contribution is 0.128. The highest BCUT2D eigenvalue weighted by molar-refractivity contribution is 6.30. The van der Waals surface area contributed by atoms with E-state index < -0.39 is 17.4 Å². The van der Waals surface area contributed by atoms with Crippen LogP contribution < -0.4 is 10.1 Å². The zero-order valence-corrected chi connectivity index (χ0v) is 17.3. The molecule has 0 spiro atoms. The lowest BCUT2D eigenvalue weighted by atomic mass is 10.0. The van der Waals surface area contributed by atoms with E-state index >= 15 is 0 Å². The van der Waals surface area contributed by atoms with Crippen LogP contribution in [0.2, 0.25) is 5.02 Å². The fraction of sp³-hybridized carbons (Fsp3) is 0.286. The summed E-state index contributed by atoms with van der Waals surface area (Å²) in [5.41, 5.74) is 0.213. The second-order valence-electron chi connectivity index (χ2n) is 7.22. The van der Waals surface area contributed by atoms with Crippen LogP contribution >= 0.6 is 11.6 Å². The topological polar surface area (TPSA) is 86.5 Å². The van der Waals surface area contributed by atoms with Gasteiger partial charge in [0.05, 0.1) is 5.02 Å². The van der Waals surface area contributed by atoms with Crippen LogP contribution in [0.3, 0.4) is 0 Å². The number of alkyl carbamates (subject to hydrolysis) is 1. The monoisotopic (exact) mass is 433 g/mol. The third-order valence-corrected chi connectivity index (χ3v) is 4.32. The summed E-state index contributed by atoms with van der Waals surface area (Å²) in [4.78, 5) is 16.3. The van der Waals surface area contributed by atoms with Gasteiger partial charge in [-0.05, 0) is 31.5 Å². The van der Waals surface area contributed by atoms with Crippen molar-refractivity contribution in [3.8, 4) is 5.75 Å². The van der Waals surface area contributed by atoms with Gasteiger partial charge in [-0.1, -0.05) is 47.1 Å². The van der Waals surface area contributed by atoms with Gasteiger partial charge in [-0.2, -0.15) is 4.98 Å². The number of nitrogens with one attached hydrogen (secondary N) is 1. The number of amides is 1. The number of hydrogen-bond acceptors (Lipinski definition) is 6. The van der Waals surface area contributed by atoms with Crippen molar-refractivity contribution in [2.24, 2.45) is 0 Å². The average molecular weight is 434 g/mol. The second-order valence-corrected chi connectivity index (χ2v) is 7.62. The van der Waals surface area contributed by atoms with Crippen molar-refractivity contribution < 1.29 is 23.2 Å². The van der Waals surface area contributed by atoms with Crippen LogP contribution in [0.15, 0.2) is 53.1 Å². The van der Waals surface area contributed by atoms with Gasteiger partial charge >= 0.3 is 6.09 Å². The molecular formula is C21H21ClFN3O4. The van der Waals surface area contributed by atoms with Gasteiger partial charge in [0, 0.05) is 18.0 Å². The maximum Gasteiger partial charge on any atom is 0.407 e. The van der Waals surface area contributed by atoms with Gasteiger partial charge in [-0.3, -0.25) is 0 Å². The van der Waals surface area contributed by atoms with E-state index in [2.05, 4.69) is 15.5 Å². The number of carbonyl (C=O) groups is 1. The van der Waals surface area contributed by atoms with Crippen LogP contribution in [0, 0.1) is 5.82 Å². The molecule has 1 aromatic heterocycles. The molecule has 0 saturated heterocycles. The molecule has 7 nitrogen and oxygen atoms in total. The Balaban J connectivity index is 1.48. The van der Waals surface area contributed by atoms with Crippen LogP contribution in [-0.2, 0) is 24.4 Å². The van der Waals surface area contributed by atoms with Gasteiger partial charge in [0.2, 0.25) is 11.7 Å². The van der Waals surface area contributed by atoms with Crippen molar-refractivity contribution in [1.82, 2.24) is 15.5 Å². The maximum atomic E-state index is 13.4. The molecule has 3 aromatic rings. The standard InChI is InChI=1S/C21H21ClFN3O4/c1-21(2,25-20(27)29-12-14-6-4-3-5-7-14)11-19-24-18(26-30-19)13-28-15-8-9-16(22)17(23)10-15/h3-10H,11-13H2,1-2H3,(H,25,27). The third-order valence-electron chi connectivity index (χ3n) is 4.02. The number of hydrogen-bond donors (Lipinski definition) is 1. The first kappa shape index (κ1) is 21.6. The Morgan fingerprint density at radius 3 is 2.70 bits per heavy atom. The molecule has 0 bridgehead atoms. The molecule has 0 fully saturated rings. The first-order valence-corrected chi connectivity index (χ1v) is 9.57. The van der Waals surface area contributed by atoms with E-state index in [0.29, 0.717) is 17.5 Å². The molecule has 3 rings (SSSR count). The second kappa shape index (κ2) is 9.58. The number of aromatic nitrogens is 2. The predicted molar refractivity (Wildman–Crippen MR) is 108 cm³/mol. The molecule has 2 aromatic carbocycles. The number of ether oxygens (including phenoxy) is 2. The van der Waals surface area contributed by atoms with E-state index in [-0.39, 0.29) is 24.7 Å². The fourth-order valence-corrected chi connectivity index (χ4v) is 2.71. The quantitative estimate of drug-likeness (QED) is 0.554. The zero-order chi connectivity index (χ0) is 21.6. The van der Waals surface area contributed by atoms with Crippen LogP contribution in [0.25, 0.3) is 0 Å². The average Bonchev–Trinajstić information content (AvgIpc) is 3.14. The number of rotatable bonds is 8. The number of benzene rings is 2. The first-order chi connectivity index (χ1) is 14.3. The largest absolute Gasteiger partial charge is 0.485 e. The molecule has 0 atom stereocenters. The van der Waals surface area contributed by atoms with Gasteiger partial charge in [0.1, 0.15) is 18.2 Å². The van der Waals surface area contributed by atoms with Gasteiger partial charge in [0.15, 0.2) is 6.61 Å². The van der Waals surface area contributed by atoms with Gasteiger partial charge in [-0.25, -0.2) is 9.18 Å². The first-order valence-electron chi connectivity index (χ1n) is 9.19. The van der Waals surface area contributed by atoms with Crippen molar-refractivity contribution in [2.75, 3.05) is 0 Å². The Morgan fingerprint density at radius 2 is 1.97 bits per heavy atom. The number of halogens is 2. The van der Waals surface area contributed by atoms with Crippen LogP contribution in [0.4, 0.5) is 9.18 Å². The Kier molecular flexibility index (Phi) is 6.89. The molecular weight excluding hydrogens is 413 g/mol. The Hall–Kier alpha value is -3.13. The van der Waals surface area contributed by atoms with Crippen molar-refractivity contribution in [2.45, 2.75) is 39.0 Å². The molecule has 1 heterocycles. The van der Waals surface area contributed by atoms with Gasteiger partial charge in [-0.15, -0.1) is 0 Å². The van der Waals surface area contributed by atoms with E-state index in [9.17, 15) is 9.18 Å². The van der Waals surface area contributed by atoms with Crippen LogP contribution in [0.5, 0.6) is 5.75 Å². The molecule has 30 heavy (non-hydrogen) atoms. The van der Waals surface area contributed by atoms with Gasteiger partial charge in [0.25, 0.3) is 0 Å². The van der Waals surface area contributed by atoms with Crippen LogP contribution in [-0.4, -0.2) is 21.8 Å². The van der Waals surface area contributed by atoms with Crippen molar-refractivity contribution >= 4 is 17.7 Å². The molecule has 1 N–H and O–H groups in total. The zero-order valence-electron chi connectivity index (χ0n) is 16.5. The normalized spacial score (nSPS) is 11.2. The number of carbonyl (C=O) groups excluding carboxylic acids is 1. The molecule has 0 saturated carbocycles. The lowest BCUT2D eigenvalue weighted by Crippen LogP contribution is -2.45. The van der Waals surface area contributed by atoms with E-state index in [4.69, 9.17) is 25.6 Å². The summed E-state index contributed by atoms with van der Waals surface area (Å²) < 4.78 is 29.3. The molecule has 0 unspecified atom stereocenters. The Labute approximate surface area is 178 Å². The minimum atomic E-state index is -0.683. The molecule has 0 aliphatic heterocycles. The summed E-state index contributed by atoms with van der Waals surface area (Å²) in [5.74, 6) is 0.341. The highest BCUT2D eigenvalue weighted by Crippen LogP contribution is 2.21. The summed E-state index contributed by atoms with van der Waals surface area (Å²) in [6.45, 7) is 3.80. The summed E-state index contributed by atoms with van der Waals surface area (Å²) in [6, 6.07) is 13.5. The highest BCUT2D eigenvalue weighted by atomic mass is 35.5. The van der Waals surface area contributed by atoms with Crippen molar-refractivity contribution in [3.63, 3.8) is 0 Å². The summed E-state index contributed by atoms with van der Waals surface area (Å²) in [6.07, 6.45) is -0.257. The van der Waals surface area contributed by atoms with Crippen molar-refractivity contribution in [1.29, 1.82) is 0 Å². The molecule has 0 radical (unpaired) electrons. The predicted octanol–water partition coefficient (Wildman–Crippen LogP) is 4.69. The fourth-order valence-electron chi connectivity index (χ4n) is 2.59. The lowest BCUT2D eigenvalue weighted by Gasteiger charge is -2.23. The van der Waals surface area contributed by atoms with Crippen LogP contribution in [0.1, 0.15) is 31.1 Å². The minimum absolute atomic E-state index is 0.00243. The number of nitrogens with zero attached hydrogens (tertiary/aromatic N) is 2. The van der Waals surface area contributed by atoms with E-state index in [1.165, 1.54) is 12.1 Å². The van der Waals surface area contributed by atoms with E-state index in [1.807, 2.05) is 44.2 Å². The minimum Gasteiger partial charge on any atom is -0.485 e. The molecule has 1 amide bonds. The third kappa shape index (κ3) is 6.45. The maximum absolute atomic E-state index is 13.4. The summed E-state index contributed by atoms with van der Waals surface area (Å²) in [7, 11) is 0. The van der Waals surface area contributed by atoms with Crippen molar-refractivity contribution in [3.05, 3.63) is 76.6 Å². The van der Waals surface area contributed by atoms with E-state index in [1.54, 1.807) is 6.07 Å². The summed E-state index contributed by atoms with van der Waals surface area (Å²) in [5, 5.41) is 6.63. The summed E-state index contributed by atoms with van der Waals surface area (Å²) >= 11 is 5.64. The Bertz CT molecular complexity index is 995. The Morgan fingerprint density at radius 1 is 1.20 bits per heavy atom. The van der Waals surface area contributed by atoms with E-state index in [0.717, 1.165) is 5.56 Å². The SMILES string of the molecule is CC(C)(Cc1nc(COc2ccc(Cl)c(F)c2)no1)NC(=O)OCc1ccccc1. The molecule has 0 aliphatic rings. The molecule has 9 heteroatoms. The smallest absolute Gasteiger partial charge is 0.407 e. The highest BCUT2D eigenvalue weighted by Gasteiger charge is 2.25.